The summed E-state index contributed by atoms with van der Waals surface area (Å²) in [5.41, 5.74) is -1.10. The van der Waals surface area contributed by atoms with E-state index in [1.807, 2.05) is 22.6 Å². The molecular weight excluding hydrogens is 385 g/mol. The molecule has 0 radical (unpaired) electrons. The van der Waals surface area contributed by atoms with Crippen molar-refractivity contribution < 1.29 is 23.4 Å². The molecule has 0 bridgehead atoms. The van der Waals surface area contributed by atoms with Gasteiger partial charge in [0.1, 0.15) is 0 Å². The molecule has 0 saturated heterocycles. The maximum absolute atomic E-state index is 12.1. The SMILES string of the molecule is CC(C)(CO)NS(=O)(=O)c1ccc(I)c(C(=O)O)c1. The van der Waals surface area contributed by atoms with Crippen LogP contribution in [0.25, 0.3) is 0 Å². The van der Waals surface area contributed by atoms with Gasteiger partial charge in [0.25, 0.3) is 0 Å². The van der Waals surface area contributed by atoms with Crippen molar-refractivity contribution in [2.45, 2.75) is 24.3 Å². The van der Waals surface area contributed by atoms with Crippen LogP contribution in [0.15, 0.2) is 23.1 Å². The van der Waals surface area contributed by atoms with Gasteiger partial charge in [0.05, 0.1) is 22.6 Å². The Morgan fingerprint density at radius 3 is 2.47 bits per heavy atom. The summed E-state index contributed by atoms with van der Waals surface area (Å²) < 4.78 is 26.9. The average Bonchev–Trinajstić information content (AvgIpc) is 2.27. The molecule has 0 fully saturated rings. The Balaban J connectivity index is 3.23. The molecule has 0 saturated carbocycles. The summed E-state index contributed by atoms with van der Waals surface area (Å²) in [6, 6.07) is 3.84. The van der Waals surface area contributed by atoms with Gasteiger partial charge in [-0.3, -0.25) is 0 Å². The number of aliphatic hydroxyl groups is 1. The molecule has 0 aliphatic heterocycles. The summed E-state index contributed by atoms with van der Waals surface area (Å²) in [4.78, 5) is 10.8. The molecule has 8 heteroatoms. The van der Waals surface area contributed by atoms with E-state index in [1.54, 1.807) is 0 Å². The number of benzene rings is 1. The number of carboxylic acids is 1. The highest BCUT2D eigenvalue weighted by atomic mass is 127. The quantitative estimate of drug-likeness (QED) is 0.642. The molecule has 19 heavy (non-hydrogen) atoms. The van der Waals surface area contributed by atoms with Gasteiger partial charge >= 0.3 is 5.97 Å². The van der Waals surface area contributed by atoms with E-state index in [-0.39, 0.29) is 17.1 Å². The molecule has 0 unspecified atom stereocenters. The maximum Gasteiger partial charge on any atom is 0.336 e. The van der Waals surface area contributed by atoms with Crippen LogP contribution in [-0.2, 0) is 10.0 Å². The predicted octanol–water partition coefficient (Wildman–Crippen LogP) is 1.04. The van der Waals surface area contributed by atoms with Crippen LogP contribution < -0.4 is 4.72 Å². The number of halogens is 1. The molecule has 106 valence electrons. The monoisotopic (exact) mass is 399 g/mol. The third-order valence-electron chi connectivity index (χ3n) is 2.28. The van der Waals surface area contributed by atoms with Gasteiger partial charge in [-0.15, -0.1) is 0 Å². The number of sulfonamides is 1. The summed E-state index contributed by atoms with van der Waals surface area (Å²) in [5, 5.41) is 18.0. The fourth-order valence-electron chi connectivity index (χ4n) is 1.29. The van der Waals surface area contributed by atoms with Crippen LogP contribution in [0.1, 0.15) is 24.2 Å². The van der Waals surface area contributed by atoms with Crippen LogP contribution >= 0.6 is 22.6 Å². The van der Waals surface area contributed by atoms with Crippen molar-refractivity contribution in [1.82, 2.24) is 4.72 Å². The highest BCUT2D eigenvalue weighted by Crippen LogP contribution is 2.19. The van der Waals surface area contributed by atoms with Crippen molar-refractivity contribution in [2.75, 3.05) is 6.61 Å². The summed E-state index contributed by atoms with van der Waals surface area (Å²) >= 11 is 1.82. The third kappa shape index (κ3) is 4.13. The number of hydrogen-bond acceptors (Lipinski definition) is 4. The molecule has 6 nitrogen and oxygen atoms in total. The number of nitrogens with one attached hydrogen (secondary N) is 1. The van der Waals surface area contributed by atoms with E-state index in [4.69, 9.17) is 10.2 Å². The number of hydrogen-bond donors (Lipinski definition) is 3. The van der Waals surface area contributed by atoms with Gasteiger partial charge in [-0.25, -0.2) is 17.9 Å². The van der Waals surface area contributed by atoms with Gasteiger partial charge in [0, 0.05) is 3.57 Å². The summed E-state index contributed by atoms with van der Waals surface area (Å²) in [6.07, 6.45) is 0. The first-order chi connectivity index (χ1) is 8.59. The normalized spacial score (nSPS) is 12.4. The third-order valence-corrected chi connectivity index (χ3v) is 4.92. The van der Waals surface area contributed by atoms with Crippen molar-refractivity contribution in [1.29, 1.82) is 0 Å². The topological polar surface area (TPSA) is 104 Å². The summed E-state index contributed by atoms with van der Waals surface area (Å²) in [7, 11) is -3.88. The van der Waals surface area contributed by atoms with Crippen LogP contribution in [0.5, 0.6) is 0 Å². The van der Waals surface area contributed by atoms with Gasteiger partial charge in [-0.1, -0.05) is 0 Å². The molecule has 1 rings (SSSR count). The molecule has 0 amide bonds. The minimum atomic E-state index is -3.88. The second-order valence-electron chi connectivity index (χ2n) is 4.59. The van der Waals surface area contributed by atoms with E-state index in [0.29, 0.717) is 3.57 Å². The molecule has 0 aliphatic carbocycles. The number of aromatic carboxylic acids is 1. The van der Waals surface area contributed by atoms with Crippen LogP contribution in [0, 0.1) is 3.57 Å². The van der Waals surface area contributed by atoms with E-state index >= 15 is 0 Å². The second kappa shape index (κ2) is 5.73. The standard InChI is InChI=1S/C11H14INO5S/c1-11(2,6-14)13-19(17,18)7-3-4-9(12)8(5-7)10(15)16/h3-5,13-14H,6H2,1-2H3,(H,15,16). The lowest BCUT2D eigenvalue weighted by Crippen LogP contribution is -2.46. The Hall–Kier alpha value is -0.710. The first-order valence-corrected chi connectivity index (χ1v) is 7.83. The molecule has 0 heterocycles. The van der Waals surface area contributed by atoms with Crippen molar-refractivity contribution in [2.24, 2.45) is 0 Å². The highest BCUT2D eigenvalue weighted by molar-refractivity contribution is 14.1. The summed E-state index contributed by atoms with van der Waals surface area (Å²) in [6.45, 7) is 2.67. The highest BCUT2D eigenvalue weighted by Gasteiger charge is 2.26. The Morgan fingerprint density at radius 2 is 2.00 bits per heavy atom. The number of rotatable bonds is 5. The van der Waals surface area contributed by atoms with E-state index in [1.165, 1.54) is 26.0 Å². The fraction of sp³-hybridized carbons (Fsp3) is 0.364. The van der Waals surface area contributed by atoms with Gasteiger partial charge < -0.3 is 10.2 Å². The minimum Gasteiger partial charge on any atom is -0.478 e. The summed E-state index contributed by atoms with van der Waals surface area (Å²) in [5.74, 6) is -1.19. The van der Waals surface area contributed by atoms with Gasteiger partial charge in [-0.2, -0.15) is 0 Å². The van der Waals surface area contributed by atoms with Crippen molar-refractivity contribution in [3.8, 4) is 0 Å². The smallest absolute Gasteiger partial charge is 0.336 e. The molecule has 1 aromatic carbocycles. The second-order valence-corrected chi connectivity index (χ2v) is 7.44. The lowest BCUT2D eigenvalue weighted by Gasteiger charge is -2.23. The van der Waals surface area contributed by atoms with Crippen molar-refractivity contribution in [3.05, 3.63) is 27.3 Å². The zero-order valence-electron chi connectivity index (χ0n) is 10.3. The lowest BCUT2D eigenvalue weighted by molar-refractivity contribution is 0.0695. The predicted molar refractivity (Wildman–Crippen MR) is 77.6 cm³/mol. The van der Waals surface area contributed by atoms with Crippen LogP contribution in [0.3, 0.4) is 0 Å². The molecule has 0 aliphatic rings. The van der Waals surface area contributed by atoms with Gasteiger partial charge in [0.15, 0.2) is 0 Å². The van der Waals surface area contributed by atoms with E-state index < -0.39 is 21.5 Å². The Morgan fingerprint density at radius 1 is 1.42 bits per heavy atom. The molecular formula is C11H14INO5S. The van der Waals surface area contributed by atoms with Crippen molar-refractivity contribution in [3.63, 3.8) is 0 Å². The van der Waals surface area contributed by atoms with E-state index in [9.17, 15) is 13.2 Å². The first kappa shape index (κ1) is 16.3. The Kier molecular flexibility index (Phi) is 4.93. The molecule has 0 spiro atoms. The van der Waals surface area contributed by atoms with E-state index in [0.717, 1.165) is 6.07 Å². The van der Waals surface area contributed by atoms with Gasteiger partial charge in [0.2, 0.25) is 10.0 Å². The van der Waals surface area contributed by atoms with Gasteiger partial charge in [-0.05, 0) is 54.6 Å². The Bertz CT molecular complexity index is 597. The molecule has 0 aromatic heterocycles. The molecule has 1 aromatic rings. The minimum absolute atomic E-state index is 0.0784. The maximum atomic E-state index is 12.1. The molecule has 3 N–H and O–H groups in total. The number of carboxylic acid groups (broad SMARTS) is 1. The lowest BCUT2D eigenvalue weighted by atomic mass is 10.1. The molecule has 0 atom stereocenters. The zero-order chi connectivity index (χ0) is 14.8. The Labute approximate surface area is 125 Å². The number of carbonyl (C=O) groups is 1. The first-order valence-electron chi connectivity index (χ1n) is 5.27. The number of aliphatic hydroxyl groups excluding tert-OH is 1. The van der Waals surface area contributed by atoms with Crippen LogP contribution in [0.4, 0.5) is 0 Å². The van der Waals surface area contributed by atoms with E-state index in [2.05, 4.69) is 4.72 Å². The average molecular weight is 399 g/mol. The van der Waals surface area contributed by atoms with Crippen LogP contribution in [-0.4, -0.2) is 36.7 Å². The fourth-order valence-corrected chi connectivity index (χ4v) is 3.29. The van der Waals surface area contributed by atoms with Crippen molar-refractivity contribution >= 4 is 38.6 Å². The zero-order valence-corrected chi connectivity index (χ0v) is 13.3. The largest absolute Gasteiger partial charge is 0.478 e. The van der Waals surface area contributed by atoms with Crippen LogP contribution in [0.2, 0.25) is 0 Å².